The number of hydrogen-bond acceptors (Lipinski definition) is 16. The van der Waals surface area contributed by atoms with Crippen LogP contribution in [0, 0.1) is 25.5 Å². The van der Waals surface area contributed by atoms with Crippen molar-refractivity contribution in [3.63, 3.8) is 0 Å². The molecule has 2 aromatic carbocycles. The number of carbonyl (C=O) groups is 2. The fourth-order valence-electron chi connectivity index (χ4n) is 8.73. The molecule has 2 amide bonds. The fraction of sp³-hybridized carbons (Fsp3) is 0.348. The number of nitrogens with two attached hydrogens (primary N) is 2. The number of aliphatic hydroxyl groups excluding tert-OH is 2. The lowest BCUT2D eigenvalue weighted by molar-refractivity contribution is 0.0987. The quantitative estimate of drug-likeness (QED) is 0.0769. The van der Waals surface area contributed by atoms with E-state index in [1.165, 1.54) is 12.4 Å². The molecule has 4 atom stereocenters. The van der Waals surface area contributed by atoms with Crippen LogP contribution in [0.2, 0.25) is 0 Å². The van der Waals surface area contributed by atoms with Crippen molar-refractivity contribution < 1.29 is 47.5 Å². The maximum atomic E-state index is 15.3. The largest absolute Gasteiger partial charge is 0.474 e. The molecule has 66 heavy (non-hydrogen) atoms. The highest BCUT2D eigenvalue weighted by Gasteiger charge is 2.28. The lowest BCUT2D eigenvalue weighted by Gasteiger charge is -2.22. The number of rotatable bonds is 6. The van der Waals surface area contributed by atoms with Crippen LogP contribution < -0.4 is 42.2 Å². The molecule has 2 aliphatic carbocycles. The van der Waals surface area contributed by atoms with Crippen LogP contribution in [0.1, 0.15) is 49.7 Å². The highest BCUT2D eigenvalue weighted by atomic mass is 19.1. The summed E-state index contributed by atoms with van der Waals surface area (Å²) in [5.74, 6) is 0.342. The molecule has 4 aromatic heterocycles. The van der Waals surface area contributed by atoms with Crippen LogP contribution in [0.4, 0.5) is 52.8 Å². The number of amides is 2. The SMILES string of the molecule is Cc1c(-c2cc3cc(NC(=O)O[C@@H]4CC[C@H](O)C4)ncc3c(N)c2F)cnc2c1NCCO2.Cc1c(-c2cc3cc(NC(=O)O[C@H]4CC[C@@H](O)C4)ncc3c(N)c2F)cnc2c1NCCO2. The molecular formula is C46H48F2N10O8. The highest BCUT2D eigenvalue weighted by Crippen LogP contribution is 2.41. The van der Waals surface area contributed by atoms with Crippen molar-refractivity contribution in [1.29, 1.82) is 0 Å². The van der Waals surface area contributed by atoms with Crippen molar-refractivity contribution in [3.8, 4) is 34.0 Å². The Hall–Kier alpha value is -7.32. The topological polar surface area (TPSA) is 263 Å². The van der Waals surface area contributed by atoms with Crippen molar-refractivity contribution in [3.05, 3.63) is 71.8 Å². The van der Waals surface area contributed by atoms with Gasteiger partial charge in [0.2, 0.25) is 11.8 Å². The van der Waals surface area contributed by atoms with Gasteiger partial charge >= 0.3 is 12.2 Å². The van der Waals surface area contributed by atoms with Gasteiger partial charge in [-0.25, -0.2) is 38.3 Å². The molecule has 2 aliphatic heterocycles. The van der Waals surface area contributed by atoms with Crippen molar-refractivity contribution in [2.24, 2.45) is 0 Å². The second-order valence-electron chi connectivity index (χ2n) is 16.6. The van der Waals surface area contributed by atoms with Crippen molar-refractivity contribution in [1.82, 2.24) is 19.9 Å². The Morgan fingerprint density at radius 2 is 1.08 bits per heavy atom. The van der Waals surface area contributed by atoms with Gasteiger partial charge in [-0.05, 0) is 85.7 Å². The van der Waals surface area contributed by atoms with Crippen LogP contribution in [0.25, 0.3) is 43.8 Å². The fourth-order valence-corrected chi connectivity index (χ4v) is 8.73. The number of nitrogens with one attached hydrogen (secondary N) is 4. The molecule has 20 heteroatoms. The first-order valence-corrected chi connectivity index (χ1v) is 21.6. The summed E-state index contributed by atoms with van der Waals surface area (Å²) in [6.45, 7) is 6.04. The number of halogens is 2. The van der Waals surface area contributed by atoms with Crippen LogP contribution in [-0.4, -0.2) is 93.1 Å². The zero-order valence-electron chi connectivity index (χ0n) is 36.0. The third-order valence-corrected chi connectivity index (χ3v) is 12.2. The number of pyridine rings is 4. The summed E-state index contributed by atoms with van der Waals surface area (Å²) in [4.78, 5) is 41.5. The van der Waals surface area contributed by atoms with E-state index in [1.807, 2.05) is 13.8 Å². The normalized spacial score (nSPS) is 19.5. The maximum absolute atomic E-state index is 15.3. The van der Waals surface area contributed by atoms with Crippen molar-refractivity contribution in [2.75, 3.05) is 59.0 Å². The lowest BCUT2D eigenvalue weighted by atomic mass is 9.97. The summed E-state index contributed by atoms with van der Waals surface area (Å²) >= 11 is 0. The Labute approximate surface area is 376 Å². The standard InChI is InChI=1S/2C23H24FN5O4/c2*1-11-16(9-28-22-21(11)26-4-5-32-22)15-6-12-7-18(27-10-17(12)20(25)19(15)24)29-23(31)33-14-3-2-13(30)8-14/h2*6-7,9-10,13-14,26,30H,2-5,8,25H2,1H3,(H,27,29,31)/t2*13-,14+/m10/s1. The second kappa shape index (κ2) is 18.3. The van der Waals surface area contributed by atoms with E-state index in [4.69, 9.17) is 30.4 Å². The third-order valence-electron chi connectivity index (χ3n) is 12.2. The molecular weight excluding hydrogens is 859 g/mol. The van der Waals surface area contributed by atoms with Gasteiger partial charge in [0.25, 0.3) is 0 Å². The van der Waals surface area contributed by atoms with Crippen LogP contribution >= 0.6 is 0 Å². The van der Waals surface area contributed by atoms with Gasteiger partial charge < -0.3 is 51.3 Å². The number of fused-ring (bicyclic) bond motifs is 4. The smallest absolute Gasteiger partial charge is 0.413 e. The van der Waals surface area contributed by atoms with Gasteiger partial charge in [-0.2, -0.15) is 0 Å². The van der Waals surface area contributed by atoms with E-state index in [9.17, 15) is 19.8 Å². The number of aliphatic hydroxyl groups is 2. The molecule has 0 unspecified atom stereocenters. The molecule has 0 spiro atoms. The molecule has 6 aromatic rings. The van der Waals surface area contributed by atoms with E-state index < -0.39 is 36.0 Å². The van der Waals surface area contributed by atoms with Gasteiger partial charge in [-0.15, -0.1) is 0 Å². The number of aromatic nitrogens is 4. The molecule has 4 aliphatic rings. The zero-order chi connectivity index (χ0) is 46.2. The van der Waals surface area contributed by atoms with E-state index in [2.05, 4.69) is 41.2 Å². The Bertz CT molecular complexity index is 2700. The molecule has 10 N–H and O–H groups in total. The van der Waals surface area contributed by atoms with Crippen LogP contribution in [0.3, 0.4) is 0 Å². The van der Waals surface area contributed by atoms with Gasteiger partial charge in [-0.1, -0.05) is 0 Å². The number of carbonyl (C=O) groups excluding carboxylic acids is 2. The van der Waals surface area contributed by atoms with E-state index in [-0.39, 0.29) is 35.2 Å². The maximum Gasteiger partial charge on any atom is 0.413 e. The monoisotopic (exact) mass is 906 g/mol. The van der Waals surface area contributed by atoms with Crippen molar-refractivity contribution in [2.45, 2.75) is 76.8 Å². The van der Waals surface area contributed by atoms with Gasteiger partial charge in [0, 0.05) is 83.7 Å². The first-order chi connectivity index (χ1) is 31.8. The number of hydrogen-bond donors (Lipinski definition) is 8. The average molecular weight is 907 g/mol. The van der Waals surface area contributed by atoms with E-state index in [1.54, 1.807) is 36.7 Å². The third kappa shape index (κ3) is 8.88. The van der Waals surface area contributed by atoms with E-state index >= 15 is 8.78 Å². The minimum Gasteiger partial charge on any atom is -0.474 e. The van der Waals surface area contributed by atoms with Crippen LogP contribution in [0.15, 0.2) is 49.1 Å². The summed E-state index contributed by atoms with van der Waals surface area (Å²) in [6, 6.07) is 6.54. The van der Waals surface area contributed by atoms with Crippen LogP contribution in [0.5, 0.6) is 11.8 Å². The summed E-state index contributed by atoms with van der Waals surface area (Å²) in [5, 5.41) is 32.9. The predicted octanol–water partition coefficient (Wildman–Crippen LogP) is 7.19. The van der Waals surface area contributed by atoms with Gasteiger partial charge in [0.05, 0.1) is 23.6 Å². The molecule has 0 radical (unpaired) electrons. The van der Waals surface area contributed by atoms with E-state index in [0.717, 1.165) is 22.5 Å². The average Bonchev–Trinajstić information content (AvgIpc) is 3.92. The van der Waals surface area contributed by atoms with Crippen molar-refractivity contribution >= 4 is 68.1 Å². The number of ether oxygens (including phenoxy) is 4. The zero-order valence-corrected chi connectivity index (χ0v) is 36.0. The molecule has 2 fully saturated rings. The Kier molecular flexibility index (Phi) is 12.2. The van der Waals surface area contributed by atoms with Gasteiger partial charge in [-0.3, -0.25) is 10.6 Å². The Morgan fingerprint density at radius 1 is 0.652 bits per heavy atom. The second-order valence-corrected chi connectivity index (χ2v) is 16.6. The summed E-state index contributed by atoms with van der Waals surface area (Å²) < 4.78 is 52.3. The summed E-state index contributed by atoms with van der Waals surface area (Å²) in [5.41, 5.74) is 17.0. The van der Waals surface area contributed by atoms with Crippen LogP contribution in [-0.2, 0) is 9.47 Å². The first kappa shape index (κ1) is 43.9. The Balaban J connectivity index is 0.000000166. The number of anilines is 6. The van der Waals surface area contributed by atoms with E-state index in [0.29, 0.717) is 120 Å². The molecule has 2 saturated carbocycles. The summed E-state index contributed by atoms with van der Waals surface area (Å²) in [6.07, 6.45) is 6.42. The molecule has 0 saturated heterocycles. The van der Waals surface area contributed by atoms with Gasteiger partial charge in [0.15, 0.2) is 11.6 Å². The minimum absolute atomic E-state index is 0.0367. The minimum atomic E-state index is -0.655. The Morgan fingerprint density at radius 3 is 1.47 bits per heavy atom. The molecule has 10 rings (SSSR count). The molecule has 18 nitrogen and oxygen atoms in total. The predicted molar refractivity (Wildman–Crippen MR) is 244 cm³/mol. The molecule has 344 valence electrons. The van der Waals surface area contributed by atoms with Gasteiger partial charge in [0.1, 0.15) is 48.4 Å². The lowest BCUT2D eigenvalue weighted by Crippen LogP contribution is -2.21. The number of nitrogen functional groups attached to an aromatic ring is 2. The summed E-state index contributed by atoms with van der Waals surface area (Å²) in [7, 11) is 0. The molecule has 0 bridgehead atoms. The number of benzene rings is 2. The molecule has 6 heterocycles. The number of nitrogens with zero attached hydrogens (tertiary/aromatic N) is 4. The first-order valence-electron chi connectivity index (χ1n) is 21.6. The highest BCUT2D eigenvalue weighted by molar-refractivity contribution is 6.01.